The number of hydrogen-bond acceptors (Lipinski definition) is 4. The second-order valence-corrected chi connectivity index (χ2v) is 8.90. The molecule has 1 saturated heterocycles. The zero-order valence-corrected chi connectivity index (χ0v) is 17.4. The number of likely N-dealkylation sites (N-methyl/N-ethyl adjacent to an activating group) is 1. The lowest BCUT2D eigenvalue weighted by Gasteiger charge is -2.47. The SMILES string of the molecule is Cc1nn(C)c(C)c1CN(C)C(=O)CN1C(=O)[C@H]2CC[C@@](C)(C1=O)C2(C)C. The summed E-state index contributed by atoms with van der Waals surface area (Å²) in [4.78, 5) is 41.5. The Balaban J connectivity index is 1.76. The number of carbonyl (C=O) groups excluding carboxylic acids is 3. The molecule has 7 heteroatoms. The maximum absolute atomic E-state index is 13.1. The zero-order chi connectivity index (χ0) is 20.3. The van der Waals surface area contributed by atoms with Crippen molar-refractivity contribution in [3.8, 4) is 0 Å². The number of fused-ring (bicyclic) bond motifs is 2. The van der Waals surface area contributed by atoms with Crippen molar-refractivity contribution in [2.45, 2.75) is 54.0 Å². The molecule has 1 aliphatic carbocycles. The van der Waals surface area contributed by atoms with Crippen molar-refractivity contribution in [2.75, 3.05) is 13.6 Å². The number of aromatic nitrogens is 2. The summed E-state index contributed by atoms with van der Waals surface area (Å²) >= 11 is 0. The molecule has 2 bridgehead atoms. The highest BCUT2D eigenvalue weighted by Gasteiger charge is 2.64. The molecule has 0 spiro atoms. The summed E-state index contributed by atoms with van der Waals surface area (Å²) < 4.78 is 1.79. The van der Waals surface area contributed by atoms with E-state index in [1.165, 1.54) is 4.90 Å². The number of piperidine rings is 1. The monoisotopic (exact) mass is 374 g/mol. The molecule has 27 heavy (non-hydrogen) atoms. The lowest BCUT2D eigenvalue weighted by molar-refractivity contribution is -0.170. The standard InChI is InChI=1S/C20H30N4O3/c1-12-14(13(2)23(7)21-12)10-22(6)16(25)11-24-17(26)15-8-9-20(5,18(24)27)19(15,3)4/h15H,8-11H2,1-7H3/t15-,20+/m1/s1. The van der Waals surface area contributed by atoms with Crippen molar-refractivity contribution in [1.29, 1.82) is 0 Å². The number of hydrogen-bond donors (Lipinski definition) is 0. The minimum absolute atomic E-state index is 0.186. The summed E-state index contributed by atoms with van der Waals surface area (Å²) in [5.41, 5.74) is 1.94. The van der Waals surface area contributed by atoms with Gasteiger partial charge < -0.3 is 4.90 Å². The van der Waals surface area contributed by atoms with Gasteiger partial charge in [-0.1, -0.05) is 20.8 Å². The molecule has 2 atom stereocenters. The third-order valence-corrected chi connectivity index (χ3v) is 7.28. The van der Waals surface area contributed by atoms with E-state index in [0.717, 1.165) is 17.0 Å². The maximum Gasteiger partial charge on any atom is 0.242 e. The lowest BCUT2D eigenvalue weighted by atomic mass is 9.62. The fourth-order valence-corrected chi connectivity index (χ4v) is 4.68. The van der Waals surface area contributed by atoms with E-state index in [9.17, 15) is 14.4 Å². The highest BCUT2D eigenvalue weighted by Crippen LogP contribution is 2.59. The summed E-state index contributed by atoms with van der Waals surface area (Å²) in [6.45, 7) is 10.0. The van der Waals surface area contributed by atoms with Crippen LogP contribution in [0.3, 0.4) is 0 Å². The van der Waals surface area contributed by atoms with Gasteiger partial charge >= 0.3 is 0 Å². The van der Waals surface area contributed by atoms with Crippen LogP contribution in [0.2, 0.25) is 0 Å². The Labute approximate surface area is 160 Å². The Hall–Kier alpha value is -2.18. The van der Waals surface area contributed by atoms with Crippen molar-refractivity contribution in [2.24, 2.45) is 23.8 Å². The molecular weight excluding hydrogens is 344 g/mol. The molecule has 7 nitrogen and oxygen atoms in total. The number of aryl methyl sites for hydroxylation is 2. The lowest BCUT2D eigenvalue weighted by Crippen LogP contribution is -2.60. The van der Waals surface area contributed by atoms with Gasteiger partial charge in [0.15, 0.2) is 0 Å². The first kappa shape index (κ1) is 19.6. The van der Waals surface area contributed by atoms with Crippen molar-refractivity contribution < 1.29 is 14.4 Å². The Morgan fingerprint density at radius 2 is 1.89 bits per heavy atom. The van der Waals surface area contributed by atoms with Crippen LogP contribution >= 0.6 is 0 Å². The van der Waals surface area contributed by atoms with E-state index in [0.29, 0.717) is 19.4 Å². The fourth-order valence-electron chi connectivity index (χ4n) is 4.68. The van der Waals surface area contributed by atoms with E-state index in [1.54, 1.807) is 16.6 Å². The number of likely N-dealkylation sites (tertiary alicyclic amines) is 1. The van der Waals surface area contributed by atoms with E-state index >= 15 is 0 Å². The number of carbonyl (C=O) groups is 3. The quantitative estimate of drug-likeness (QED) is 0.753. The molecule has 3 amide bonds. The molecule has 2 fully saturated rings. The van der Waals surface area contributed by atoms with Crippen LogP contribution in [0, 0.1) is 30.6 Å². The summed E-state index contributed by atoms with van der Waals surface area (Å²) in [7, 11) is 3.57. The first-order chi connectivity index (χ1) is 12.4. The Morgan fingerprint density at radius 3 is 2.44 bits per heavy atom. The van der Waals surface area contributed by atoms with Gasteiger partial charge in [0.25, 0.3) is 0 Å². The molecule has 148 valence electrons. The number of amides is 3. The topological polar surface area (TPSA) is 75.5 Å². The van der Waals surface area contributed by atoms with Crippen molar-refractivity contribution >= 4 is 17.7 Å². The number of imide groups is 1. The minimum atomic E-state index is -0.582. The van der Waals surface area contributed by atoms with E-state index < -0.39 is 5.41 Å². The van der Waals surface area contributed by atoms with Crippen LogP contribution in [0.1, 0.15) is 50.6 Å². The van der Waals surface area contributed by atoms with Gasteiger partial charge in [0, 0.05) is 37.8 Å². The molecule has 1 aromatic heterocycles. The van der Waals surface area contributed by atoms with Crippen LogP contribution in [0.4, 0.5) is 0 Å². The summed E-state index contributed by atoms with van der Waals surface area (Å²) in [6.07, 6.45) is 1.41. The molecule has 1 aromatic rings. The highest BCUT2D eigenvalue weighted by atomic mass is 16.2. The molecule has 3 rings (SSSR count). The highest BCUT2D eigenvalue weighted by molar-refractivity contribution is 6.06. The second kappa shape index (κ2) is 6.17. The Morgan fingerprint density at radius 1 is 1.26 bits per heavy atom. The van der Waals surface area contributed by atoms with Crippen LogP contribution in [-0.2, 0) is 28.0 Å². The molecule has 1 saturated carbocycles. The predicted octanol–water partition coefficient (Wildman–Crippen LogP) is 1.81. The van der Waals surface area contributed by atoms with E-state index in [4.69, 9.17) is 0 Å². The van der Waals surface area contributed by atoms with Gasteiger partial charge in [-0.25, -0.2) is 0 Å². The van der Waals surface area contributed by atoms with Gasteiger partial charge in [0.2, 0.25) is 17.7 Å². The van der Waals surface area contributed by atoms with E-state index in [2.05, 4.69) is 5.10 Å². The van der Waals surface area contributed by atoms with Crippen molar-refractivity contribution in [3.63, 3.8) is 0 Å². The molecule has 0 unspecified atom stereocenters. The van der Waals surface area contributed by atoms with Crippen LogP contribution in [0.15, 0.2) is 0 Å². The second-order valence-electron chi connectivity index (χ2n) is 8.90. The third kappa shape index (κ3) is 2.70. The smallest absolute Gasteiger partial charge is 0.242 e. The largest absolute Gasteiger partial charge is 0.340 e. The number of rotatable bonds is 4. The summed E-state index contributed by atoms with van der Waals surface area (Å²) in [5, 5.41) is 4.38. The van der Waals surface area contributed by atoms with Gasteiger partial charge in [-0.3, -0.25) is 24.0 Å². The maximum atomic E-state index is 13.1. The van der Waals surface area contributed by atoms with Crippen LogP contribution in [0.25, 0.3) is 0 Å². The summed E-state index contributed by atoms with van der Waals surface area (Å²) in [5.74, 6) is -0.833. The Bertz CT molecular complexity index is 825. The minimum Gasteiger partial charge on any atom is -0.340 e. The van der Waals surface area contributed by atoms with Crippen LogP contribution in [0.5, 0.6) is 0 Å². The zero-order valence-electron chi connectivity index (χ0n) is 17.4. The first-order valence-electron chi connectivity index (χ1n) is 9.50. The van der Waals surface area contributed by atoms with Crippen LogP contribution < -0.4 is 0 Å². The number of nitrogens with zero attached hydrogens (tertiary/aromatic N) is 4. The molecule has 0 aromatic carbocycles. The fraction of sp³-hybridized carbons (Fsp3) is 0.700. The molecule has 2 heterocycles. The van der Waals surface area contributed by atoms with Crippen molar-refractivity contribution in [3.05, 3.63) is 17.0 Å². The summed E-state index contributed by atoms with van der Waals surface area (Å²) in [6, 6.07) is 0. The van der Waals surface area contributed by atoms with Gasteiger partial charge in [-0.2, -0.15) is 5.10 Å². The molecule has 2 aliphatic rings. The van der Waals surface area contributed by atoms with E-state index in [1.807, 2.05) is 41.7 Å². The average molecular weight is 374 g/mol. The van der Waals surface area contributed by atoms with Gasteiger partial charge in [-0.05, 0) is 32.1 Å². The van der Waals surface area contributed by atoms with Gasteiger partial charge in [0.1, 0.15) is 6.54 Å². The van der Waals surface area contributed by atoms with E-state index in [-0.39, 0.29) is 35.6 Å². The van der Waals surface area contributed by atoms with Gasteiger partial charge in [-0.15, -0.1) is 0 Å². The Kier molecular flexibility index (Phi) is 4.48. The predicted molar refractivity (Wildman–Crippen MR) is 100 cm³/mol. The molecule has 0 radical (unpaired) electrons. The average Bonchev–Trinajstić information content (AvgIpc) is 2.94. The third-order valence-electron chi connectivity index (χ3n) is 7.28. The van der Waals surface area contributed by atoms with Crippen molar-refractivity contribution in [1.82, 2.24) is 19.6 Å². The molecule has 0 N–H and O–H groups in total. The van der Waals surface area contributed by atoms with Crippen LogP contribution in [-0.4, -0.2) is 50.9 Å². The molecule has 1 aliphatic heterocycles. The first-order valence-corrected chi connectivity index (χ1v) is 9.50. The normalized spacial score (nSPS) is 26.6. The molecular formula is C20H30N4O3. The van der Waals surface area contributed by atoms with Gasteiger partial charge in [0.05, 0.1) is 11.1 Å².